The van der Waals surface area contributed by atoms with Crippen molar-refractivity contribution in [3.05, 3.63) is 35.4 Å². The molecule has 1 spiro atoms. The second-order valence-corrected chi connectivity index (χ2v) is 6.35. The summed E-state index contributed by atoms with van der Waals surface area (Å²) in [7, 11) is 0. The number of amides is 1. The topological polar surface area (TPSA) is 49.8 Å². The van der Waals surface area contributed by atoms with Gasteiger partial charge in [-0.2, -0.15) is 0 Å². The van der Waals surface area contributed by atoms with E-state index in [1.54, 1.807) is 4.90 Å². The Kier molecular flexibility index (Phi) is 4.38. The number of halogens is 2. The lowest BCUT2D eigenvalue weighted by Gasteiger charge is -2.56. The van der Waals surface area contributed by atoms with Crippen LogP contribution in [-0.4, -0.2) is 47.8 Å². The molecule has 1 aromatic rings. The summed E-state index contributed by atoms with van der Waals surface area (Å²) in [5.41, 5.74) is -0.115. The molecule has 1 aliphatic heterocycles. The van der Waals surface area contributed by atoms with E-state index in [1.165, 1.54) is 6.07 Å². The van der Waals surface area contributed by atoms with Crippen LogP contribution in [0.2, 0.25) is 0 Å². The van der Waals surface area contributed by atoms with Crippen LogP contribution in [0.1, 0.15) is 36.5 Å². The van der Waals surface area contributed by atoms with Crippen molar-refractivity contribution in [3.8, 4) is 0 Å². The van der Waals surface area contributed by atoms with Crippen molar-refractivity contribution in [2.24, 2.45) is 5.41 Å². The first kappa shape index (κ1) is 16.3. The molecule has 1 N–H and O–H groups in total. The normalized spacial score (nSPS) is 26.2. The van der Waals surface area contributed by atoms with Gasteiger partial charge in [-0.25, -0.2) is 8.78 Å². The fourth-order valence-electron chi connectivity index (χ4n) is 3.75. The molecule has 6 heteroatoms. The van der Waals surface area contributed by atoms with Crippen LogP contribution in [-0.2, 0) is 4.74 Å². The Morgan fingerprint density at radius 1 is 1.35 bits per heavy atom. The summed E-state index contributed by atoms with van der Waals surface area (Å²) < 4.78 is 32.0. The number of piperidine rings is 1. The van der Waals surface area contributed by atoms with Crippen LogP contribution >= 0.6 is 0 Å². The Labute approximate surface area is 134 Å². The fraction of sp³-hybridized carbons (Fsp3) is 0.588. The first-order valence-corrected chi connectivity index (χ1v) is 8.02. The smallest absolute Gasteiger partial charge is 0.253 e. The molecular formula is C17H21F2NO3. The maximum absolute atomic E-state index is 13.3. The van der Waals surface area contributed by atoms with Gasteiger partial charge in [0.05, 0.1) is 12.2 Å². The SMILES string of the molecule is CCOC1CC(O)C12CCN(C(=O)c1ccc(F)c(F)c1)CC2. The zero-order valence-corrected chi connectivity index (χ0v) is 13.1. The van der Waals surface area contributed by atoms with Gasteiger partial charge in [0.1, 0.15) is 0 Å². The molecule has 1 aromatic carbocycles. The number of aliphatic hydroxyl groups is 1. The van der Waals surface area contributed by atoms with Gasteiger partial charge in [-0.15, -0.1) is 0 Å². The van der Waals surface area contributed by atoms with Crippen LogP contribution in [0.3, 0.4) is 0 Å². The minimum absolute atomic E-state index is 0.0445. The molecule has 2 unspecified atom stereocenters. The standard InChI is InChI=1S/C17H21F2NO3/c1-2-23-15-10-14(21)17(15)5-7-20(8-6-17)16(22)11-3-4-12(18)13(19)9-11/h3-4,9,14-15,21H,2,5-8,10H2,1H3. The molecule has 1 saturated heterocycles. The summed E-state index contributed by atoms with van der Waals surface area (Å²) in [5, 5.41) is 10.2. The van der Waals surface area contributed by atoms with Crippen molar-refractivity contribution in [1.29, 1.82) is 0 Å². The predicted molar refractivity (Wildman–Crippen MR) is 80.0 cm³/mol. The number of ether oxygens (including phenoxy) is 1. The van der Waals surface area contributed by atoms with Gasteiger partial charge in [-0.05, 0) is 38.0 Å². The molecule has 23 heavy (non-hydrogen) atoms. The highest BCUT2D eigenvalue weighted by molar-refractivity contribution is 5.94. The number of nitrogens with zero attached hydrogens (tertiary/aromatic N) is 1. The number of hydrogen-bond acceptors (Lipinski definition) is 3. The van der Waals surface area contributed by atoms with E-state index in [0.29, 0.717) is 39.0 Å². The van der Waals surface area contributed by atoms with Crippen LogP contribution in [0.25, 0.3) is 0 Å². The van der Waals surface area contributed by atoms with E-state index >= 15 is 0 Å². The van der Waals surface area contributed by atoms with Crippen LogP contribution in [0.5, 0.6) is 0 Å². The van der Waals surface area contributed by atoms with Crippen molar-refractivity contribution in [2.75, 3.05) is 19.7 Å². The van der Waals surface area contributed by atoms with Crippen molar-refractivity contribution in [1.82, 2.24) is 4.90 Å². The maximum Gasteiger partial charge on any atom is 0.253 e. The molecule has 0 bridgehead atoms. The molecule has 3 rings (SSSR count). The largest absolute Gasteiger partial charge is 0.392 e. The number of hydrogen-bond donors (Lipinski definition) is 1. The van der Waals surface area contributed by atoms with E-state index in [1.807, 2.05) is 6.92 Å². The third kappa shape index (κ3) is 2.74. The Hall–Kier alpha value is -1.53. The highest BCUT2D eigenvalue weighted by Crippen LogP contribution is 2.51. The van der Waals surface area contributed by atoms with Crippen molar-refractivity contribution < 1.29 is 23.4 Å². The summed E-state index contributed by atoms with van der Waals surface area (Å²) in [6.45, 7) is 3.51. The predicted octanol–water partition coefficient (Wildman–Crippen LogP) is 2.36. The number of carbonyl (C=O) groups is 1. The van der Waals surface area contributed by atoms with Gasteiger partial charge >= 0.3 is 0 Å². The van der Waals surface area contributed by atoms with E-state index in [9.17, 15) is 18.7 Å². The Bertz CT molecular complexity index is 598. The maximum atomic E-state index is 13.3. The van der Waals surface area contributed by atoms with Gasteiger partial charge in [0, 0.05) is 37.1 Å². The monoisotopic (exact) mass is 325 g/mol. The number of rotatable bonds is 3. The van der Waals surface area contributed by atoms with Gasteiger partial charge in [0.2, 0.25) is 0 Å². The van der Waals surface area contributed by atoms with Crippen molar-refractivity contribution >= 4 is 5.91 Å². The summed E-state index contributed by atoms with van der Waals surface area (Å²) in [4.78, 5) is 14.0. The van der Waals surface area contributed by atoms with Gasteiger partial charge in [0.25, 0.3) is 5.91 Å². The van der Waals surface area contributed by atoms with E-state index < -0.39 is 11.6 Å². The van der Waals surface area contributed by atoms with Crippen LogP contribution < -0.4 is 0 Å². The highest BCUT2D eigenvalue weighted by atomic mass is 19.2. The van der Waals surface area contributed by atoms with Crippen LogP contribution in [0.4, 0.5) is 8.78 Å². The minimum atomic E-state index is -1.02. The quantitative estimate of drug-likeness (QED) is 0.928. The second kappa shape index (κ2) is 6.17. The molecule has 2 aliphatic rings. The lowest BCUT2D eigenvalue weighted by molar-refractivity contribution is -0.207. The van der Waals surface area contributed by atoms with Crippen molar-refractivity contribution in [3.63, 3.8) is 0 Å². The van der Waals surface area contributed by atoms with Gasteiger partial charge in [-0.3, -0.25) is 4.79 Å². The molecule has 1 saturated carbocycles. The Morgan fingerprint density at radius 3 is 2.61 bits per heavy atom. The molecule has 1 aliphatic carbocycles. The van der Waals surface area contributed by atoms with E-state index in [2.05, 4.69) is 0 Å². The van der Waals surface area contributed by atoms with E-state index in [0.717, 1.165) is 12.1 Å². The van der Waals surface area contributed by atoms with Gasteiger partial charge < -0.3 is 14.7 Å². The Morgan fingerprint density at radius 2 is 2.04 bits per heavy atom. The molecule has 2 atom stereocenters. The molecule has 4 nitrogen and oxygen atoms in total. The summed E-state index contributed by atoms with van der Waals surface area (Å²) in [5.74, 6) is -2.29. The number of carbonyl (C=O) groups excluding carboxylic acids is 1. The summed E-state index contributed by atoms with van der Waals surface area (Å²) in [6, 6.07) is 3.20. The molecule has 0 aromatic heterocycles. The number of aliphatic hydroxyl groups excluding tert-OH is 1. The molecule has 0 radical (unpaired) electrons. The van der Waals surface area contributed by atoms with Crippen LogP contribution in [0, 0.1) is 17.0 Å². The van der Waals surface area contributed by atoms with Gasteiger partial charge in [0.15, 0.2) is 11.6 Å². The number of likely N-dealkylation sites (tertiary alicyclic amines) is 1. The summed E-state index contributed by atoms with van der Waals surface area (Å²) >= 11 is 0. The minimum Gasteiger partial charge on any atom is -0.392 e. The third-order valence-electron chi connectivity index (χ3n) is 5.26. The first-order chi connectivity index (χ1) is 11.0. The molecule has 1 heterocycles. The van der Waals surface area contributed by atoms with E-state index in [4.69, 9.17) is 4.74 Å². The average molecular weight is 325 g/mol. The third-order valence-corrected chi connectivity index (χ3v) is 5.26. The molecule has 126 valence electrons. The zero-order valence-electron chi connectivity index (χ0n) is 13.1. The number of benzene rings is 1. The lowest BCUT2D eigenvalue weighted by Crippen LogP contribution is -2.62. The fourth-order valence-corrected chi connectivity index (χ4v) is 3.75. The summed E-state index contributed by atoms with van der Waals surface area (Å²) in [6.07, 6.45) is 1.62. The zero-order chi connectivity index (χ0) is 16.6. The van der Waals surface area contributed by atoms with E-state index in [-0.39, 0.29) is 29.1 Å². The first-order valence-electron chi connectivity index (χ1n) is 8.02. The highest BCUT2D eigenvalue weighted by Gasteiger charge is 2.56. The average Bonchev–Trinajstić information content (AvgIpc) is 2.57. The molecule has 1 amide bonds. The molecule has 2 fully saturated rings. The lowest BCUT2D eigenvalue weighted by atomic mass is 9.58. The van der Waals surface area contributed by atoms with Crippen molar-refractivity contribution in [2.45, 2.75) is 38.4 Å². The van der Waals surface area contributed by atoms with Crippen LogP contribution in [0.15, 0.2) is 18.2 Å². The van der Waals surface area contributed by atoms with Gasteiger partial charge in [-0.1, -0.05) is 0 Å². The Balaban J connectivity index is 1.66. The molecular weight excluding hydrogens is 304 g/mol. The second-order valence-electron chi connectivity index (χ2n) is 6.35.